The first-order valence-corrected chi connectivity index (χ1v) is 10.3. The molecule has 0 N–H and O–H groups in total. The molecule has 0 unspecified atom stereocenters. The summed E-state index contributed by atoms with van der Waals surface area (Å²) in [5.74, 6) is 3.28. The quantitative estimate of drug-likeness (QED) is 0.649. The Labute approximate surface area is 169 Å². The fourth-order valence-electron chi connectivity index (χ4n) is 4.01. The molecule has 1 saturated heterocycles. The molecule has 3 aromatic heterocycles. The van der Waals surface area contributed by atoms with Gasteiger partial charge in [-0.05, 0) is 43.7 Å². The normalized spacial score (nSPS) is 17.8. The van der Waals surface area contributed by atoms with Crippen LogP contribution in [0.4, 0.5) is 11.6 Å². The maximum absolute atomic E-state index is 12.8. The Kier molecular flexibility index (Phi) is 4.44. The molecule has 3 aromatic rings. The molecule has 0 spiro atoms. The van der Waals surface area contributed by atoms with Crippen LogP contribution in [0.15, 0.2) is 29.3 Å². The predicted octanol–water partition coefficient (Wildman–Crippen LogP) is 1.54. The van der Waals surface area contributed by atoms with E-state index in [-0.39, 0.29) is 11.5 Å². The van der Waals surface area contributed by atoms with Crippen molar-refractivity contribution in [3.05, 3.63) is 40.7 Å². The molecule has 2 fully saturated rings. The first kappa shape index (κ1) is 18.1. The van der Waals surface area contributed by atoms with Crippen molar-refractivity contribution >= 4 is 17.3 Å². The molecule has 4 heterocycles. The molecule has 2 aliphatic rings. The second kappa shape index (κ2) is 7.13. The average molecular weight is 394 g/mol. The lowest BCUT2D eigenvalue weighted by Crippen LogP contribution is -2.39. The number of anilines is 2. The number of hydrogen-bond donors (Lipinski definition) is 0. The van der Waals surface area contributed by atoms with Crippen molar-refractivity contribution in [2.75, 3.05) is 37.0 Å². The molecule has 1 aliphatic carbocycles. The zero-order valence-corrected chi connectivity index (χ0v) is 16.9. The molecule has 5 rings (SSSR count). The number of fused-ring (bicyclic) bond motifs is 1. The lowest BCUT2D eigenvalue weighted by molar-refractivity contribution is 0.472. The van der Waals surface area contributed by atoms with Crippen LogP contribution in [0.3, 0.4) is 0 Å². The number of piperidine rings is 1. The minimum absolute atomic E-state index is 0.0306. The molecule has 1 saturated carbocycles. The van der Waals surface area contributed by atoms with E-state index in [4.69, 9.17) is 0 Å². The summed E-state index contributed by atoms with van der Waals surface area (Å²) in [6.45, 7) is 2.38. The summed E-state index contributed by atoms with van der Waals surface area (Å²) in [5.41, 5.74) is 0.795. The summed E-state index contributed by atoms with van der Waals surface area (Å²) in [6, 6.07) is 3.90. The van der Waals surface area contributed by atoms with Crippen LogP contribution in [0.2, 0.25) is 0 Å². The van der Waals surface area contributed by atoms with Crippen LogP contribution < -0.4 is 15.4 Å². The topological polar surface area (TPSA) is 84.5 Å². The third kappa shape index (κ3) is 3.45. The molecule has 152 valence electrons. The van der Waals surface area contributed by atoms with Gasteiger partial charge in [0.25, 0.3) is 5.56 Å². The highest BCUT2D eigenvalue weighted by molar-refractivity contribution is 5.45. The molecule has 29 heavy (non-hydrogen) atoms. The summed E-state index contributed by atoms with van der Waals surface area (Å²) >= 11 is 0. The van der Waals surface area contributed by atoms with Gasteiger partial charge in [0, 0.05) is 52.0 Å². The van der Waals surface area contributed by atoms with Gasteiger partial charge in [0.15, 0.2) is 17.3 Å². The summed E-state index contributed by atoms with van der Waals surface area (Å²) in [4.78, 5) is 21.3. The number of aromatic nitrogens is 6. The van der Waals surface area contributed by atoms with Gasteiger partial charge in [-0.25, -0.2) is 4.98 Å². The van der Waals surface area contributed by atoms with Crippen molar-refractivity contribution in [2.24, 2.45) is 5.92 Å². The number of rotatable bonds is 5. The number of hydrogen-bond acceptors (Lipinski definition) is 7. The van der Waals surface area contributed by atoms with Gasteiger partial charge < -0.3 is 14.4 Å². The van der Waals surface area contributed by atoms with E-state index in [1.807, 2.05) is 46.4 Å². The minimum atomic E-state index is 0.0306. The van der Waals surface area contributed by atoms with Gasteiger partial charge in [-0.1, -0.05) is 0 Å². The monoisotopic (exact) mass is 394 g/mol. The third-order valence-electron chi connectivity index (χ3n) is 5.94. The summed E-state index contributed by atoms with van der Waals surface area (Å²) in [6.07, 6.45) is 7.81. The second-order valence-electron chi connectivity index (χ2n) is 8.33. The first-order chi connectivity index (χ1) is 14.1. The van der Waals surface area contributed by atoms with Gasteiger partial charge in [-0.3, -0.25) is 4.79 Å². The van der Waals surface area contributed by atoms with Crippen LogP contribution in [-0.2, 0) is 6.54 Å². The van der Waals surface area contributed by atoms with Gasteiger partial charge in [0.2, 0.25) is 0 Å². The molecule has 0 atom stereocenters. The zero-order valence-electron chi connectivity index (χ0n) is 16.9. The summed E-state index contributed by atoms with van der Waals surface area (Å²) in [7, 11) is 3.94. The molecule has 0 bridgehead atoms. The highest BCUT2D eigenvalue weighted by atomic mass is 16.1. The van der Waals surface area contributed by atoms with Crippen molar-refractivity contribution in [1.82, 2.24) is 29.4 Å². The highest BCUT2D eigenvalue weighted by Gasteiger charge is 2.28. The Morgan fingerprint density at radius 1 is 1.10 bits per heavy atom. The zero-order chi connectivity index (χ0) is 20.0. The van der Waals surface area contributed by atoms with E-state index in [2.05, 4.69) is 25.2 Å². The van der Waals surface area contributed by atoms with Crippen molar-refractivity contribution < 1.29 is 0 Å². The van der Waals surface area contributed by atoms with Gasteiger partial charge in [0.1, 0.15) is 5.82 Å². The van der Waals surface area contributed by atoms with Gasteiger partial charge >= 0.3 is 0 Å². The second-order valence-corrected chi connectivity index (χ2v) is 8.33. The Hall–Kier alpha value is -2.97. The van der Waals surface area contributed by atoms with Crippen LogP contribution in [0.5, 0.6) is 0 Å². The van der Waals surface area contributed by atoms with Gasteiger partial charge in [0.05, 0.1) is 0 Å². The molecule has 0 aromatic carbocycles. The van der Waals surface area contributed by atoms with Crippen molar-refractivity contribution in [2.45, 2.75) is 38.1 Å². The smallest absolute Gasteiger partial charge is 0.293 e. The fourth-order valence-corrected chi connectivity index (χ4v) is 4.01. The standard InChI is InChI=1S/C20H26N8O/c1-25(2)17-6-5-16-22-23-18(28(16)24-17)15-7-10-26(11-8-15)19-20(29)27(12-9-21-19)13-14-3-4-14/h5-6,9,12,14-15H,3-4,7-8,10-11,13H2,1-2H3. The SMILES string of the molecule is CN(C)c1ccc2nnc(C3CCN(c4nccn(CC5CC5)c4=O)CC3)n2n1. The Balaban J connectivity index is 1.34. The number of nitrogens with zero attached hydrogens (tertiary/aromatic N) is 8. The first-order valence-electron chi connectivity index (χ1n) is 10.3. The predicted molar refractivity (Wildman–Crippen MR) is 111 cm³/mol. The molecular formula is C20H26N8O. The van der Waals surface area contributed by atoms with Crippen molar-refractivity contribution in [1.29, 1.82) is 0 Å². The third-order valence-corrected chi connectivity index (χ3v) is 5.94. The molecule has 1 aliphatic heterocycles. The Morgan fingerprint density at radius 3 is 2.62 bits per heavy atom. The maximum Gasteiger partial charge on any atom is 0.293 e. The fraction of sp³-hybridized carbons (Fsp3) is 0.550. The average Bonchev–Trinajstić information content (AvgIpc) is 3.45. The van der Waals surface area contributed by atoms with E-state index < -0.39 is 0 Å². The Bertz CT molecular complexity index is 1080. The summed E-state index contributed by atoms with van der Waals surface area (Å²) < 4.78 is 3.68. The van der Waals surface area contributed by atoms with Gasteiger partial charge in [-0.2, -0.15) is 4.52 Å². The van der Waals surface area contributed by atoms with E-state index in [0.717, 1.165) is 49.8 Å². The molecule has 0 amide bonds. The van der Waals surface area contributed by atoms with Crippen molar-refractivity contribution in [3.63, 3.8) is 0 Å². The van der Waals surface area contributed by atoms with Crippen LogP contribution in [0, 0.1) is 5.92 Å². The molecular weight excluding hydrogens is 368 g/mol. The molecule has 9 heteroatoms. The molecule has 0 radical (unpaired) electrons. The molecule has 9 nitrogen and oxygen atoms in total. The van der Waals surface area contributed by atoms with Crippen molar-refractivity contribution in [3.8, 4) is 0 Å². The maximum atomic E-state index is 12.8. The van der Waals surface area contributed by atoms with E-state index >= 15 is 0 Å². The minimum Gasteiger partial charge on any atom is -0.361 e. The lowest BCUT2D eigenvalue weighted by atomic mass is 9.96. The Morgan fingerprint density at radius 2 is 1.90 bits per heavy atom. The highest BCUT2D eigenvalue weighted by Crippen LogP contribution is 2.31. The van der Waals surface area contributed by atoms with Crippen LogP contribution in [-0.4, -0.2) is 56.5 Å². The van der Waals surface area contributed by atoms with E-state index in [1.165, 1.54) is 12.8 Å². The van der Waals surface area contributed by atoms with Crippen LogP contribution in [0.1, 0.15) is 37.4 Å². The van der Waals surface area contributed by atoms with Gasteiger partial charge in [-0.15, -0.1) is 15.3 Å². The van der Waals surface area contributed by atoms with Crippen LogP contribution >= 0.6 is 0 Å². The van der Waals surface area contributed by atoms with Crippen LogP contribution in [0.25, 0.3) is 5.65 Å². The largest absolute Gasteiger partial charge is 0.361 e. The lowest BCUT2D eigenvalue weighted by Gasteiger charge is -2.31. The van der Waals surface area contributed by atoms with E-state index in [9.17, 15) is 4.79 Å². The van der Waals surface area contributed by atoms with E-state index in [1.54, 1.807) is 6.20 Å². The summed E-state index contributed by atoms with van der Waals surface area (Å²) in [5, 5.41) is 13.4. The van der Waals surface area contributed by atoms with E-state index in [0.29, 0.717) is 11.7 Å².